The van der Waals surface area contributed by atoms with E-state index in [1.807, 2.05) is 36.4 Å². The first-order chi connectivity index (χ1) is 12.3. The van der Waals surface area contributed by atoms with E-state index in [4.69, 9.17) is 4.74 Å². The fourth-order valence-electron chi connectivity index (χ4n) is 2.93. The molecule has 0 radical (unpaired) electrons. The first-order valence-corrected chi connectivity index (χ1v) is 7.97. The number of aliphatic hydroxyl groups is 1. The molecule has 124 valence electrons. The molecule has 4 aromatic rings. The number of imidazole rings is 1. The van der Waals surface area contributed by atoms with E-state index in [0.29, 0.717) is 5.82 Å². The molecule has 0 saturated carbocycles. The van der Waals surface area contributed by atoms with Gasteiger partial charge < -0.3 is 14.8 Å². The van der Waals surface area contributed by atoms with Crippen molar-refractivity contribution >= 4 is 10.8 Å². The SMILES string of the molecule is COc1ccc2cc(-c3nc(CO)[nH]c3-c3ccncc3)ccc2c1. The summed E-state index contributed by atoms with van der Waals surface area (Å²) in [5, 5.41) is 11.7. The Hall–Kier alpha value is -3.18. The third kappa shape index (κ3) is 2.86. The number of aromatic nitrogens is 3. The quantitative estimate of drug-likeness (QED) is 0.597. The monoisotopic (exact) mass is 331 g/mol. The Morgan fingerprint density at radius 3 is 2.48 bits per heavy atom. The van der Waals surface area contributed by atoms with Crippen molar-refractivity contribution in [2.24, 2.45) is 0 Å². The molecule has 0 fully saturated rings. The Balaban J connectivity index is 1.86. The van der Waals surface area contributed by atoms with E-state index >= 15 is 0 Å². The average Bonchev–Trinajstić information content (AvgIpc) is 3.12. The lowest BCUT2D eigenvalue weighted by atomic mass is 10.0. The highest BCUT2D eigenvalue weighted by Crippen LogP contribution is 2.32. The number of benzene rings is 2. The zero-order valence-corrected chi connectivity index (χ0v) is 13.7. The van der Waals surface area contributed by atoms with Crippen molar-refractivity contribution in [3.05, 3.63) is 66.7 Å². The summed E-state index contributed by atoms with van der Waals surface area (Å²) in [6, 6.07) is 16.0. The Labute approximate surface area is 145 Å². The molecule has 2 heterocycles. The smallest absolute Gasteiger partial charge is 0.133 e. The molecule has 0 amide bonds. The molecule has 0 aliphatic rings. The molecule has 25 heavy (non-hydrogen) atoms. The number of pyridine rings is 1. The zero-order chi connectivity index (χ0) is 17.2. The number of methoxy groups -OCH3 is 1. The highest BCUT2D eigenvalue weighted by atomic mass is 16.5. The second kappa shape index (κ2) is 6.37. The lowest BCUT2D eigenvalue weighted by Gasteiger charge is -2.06. The maximum atomic E-state index is 9.48. The normalized spacial score (nSPS) is 11.0. The number of H-pyrrole nitrogens is 1. The van der Waals surface area contributed by atoms with Crippen LogP contribution < -0.4 is 4.74 Å². The van der Waals surface area contributed by atoms with Crippen molar-refractivity contribution in [2.75, 3.05) is 7.11 Å². The van der Waals surface area contributed by atoms with Crippen LogP contribution in [0, 0.1) is 0 Å². The van der Waals surface area contributed by atoms with Crippen LogP contribution in [-0.2, 0) is 6.61 Å². The van der Waals surface area contributed by atoms with Crippen LogP contribution >= 0.6 is 0 Å². The van der Waals surface area contributed by atoms with E-state index in [1.165, 1.54) is 0 Å². The molecule has 5 nitrogen and oxygen atoms in total. The van der Waals surface area contributed by atoms with Crippen molar-refractivity contribution in [1.82, 2.24) is 15.0 Å². The lowest BCUT2D eigenvalue weighted by Crippen LogP contribution is -1.86. The number of hydrogen-bond donors (Lipinski definition) is 2. The van der Waals surface area contributed by atoms with E-state index < -0.39 is 0 Å². The Bertz CT molecular complexity index is 1030. The maximum Gasteiger partial charge on any atom is 0.133 e. The van der Waals surface area contributed by atoms with Gasteiger partial charge in [-0.3, -0.25) is 4.98 Å². The minimum absolute atomic E-state index is 0.136. The summed E-state index contributed by atoms with van der Waals surface area (Å²) in [5.74, 6) is 1.37. The zero-order valence-electron chi connectivity index (χ0n) is 13.7. The number of nitrogens with one attached hydrogen (secondary N) is 1. The van der Waals surface area contributed by atoms with Gasteiger partial charge in [0.15, 0.2) is 0 Å². The van der Waals surface area contributed by atoms with Gasteiger partial charge in [-0.25, -0.2) is 4.98 Å². The largest absolute Gasteiger partial charge is 0.497 e. The van der Waals surface area contributed by atoms with Crippen LogP contribution in [0.4, 0.5) is 0 Å². The van der Waals surface area contributed by atoms with E-state index in [1.54, 1.807) is 19.5 Å². The number of rotatable bonds is 4. The minimum Gasteiger partial charge on any atom is -0.497 e. The Kier molecular flexibility index (Phi) is 3.91. The van der Waals surface area contributed by atoms with Crippen LogP contribution in [0.2, 0.25) is 0 Å². The third-order valence-electron chi connectivity index (χ3n) is 4.19. The molecule has 0 atom stereocenters. The van der Waals surface area contributed by atoms with Gasteiger partial charge >= 0.3 is 0 Å². The molecule has 0 saturated heterocycles. The second-order valence-electron chi connectivity index (χ2n) is 5.73. The minimum atomic E-state index is -0.136. The van der Waals surface area contributed by atoms with Gasteiger partial charge in [-0.05, 0) is 41.1 Å². The van der Waals surface area contributed by atoms with Gasteiger partial charge in [0.25, 0.3) is 0 Å². The van der Waals surface area contributed by atoms with Crippen molar-refractivity contribution in [2.45, 2.75) is 6.61 Å². The molecule has 0 aliphatic carbocycles. The summed E-state index contributed by atoms with van der Waals surface area (Å²) in [6.07, 6.45) is 3.48. The molecule has 2 aromatic carbocycles. The van der Waals surface area contributed by atoms with Crippen molar-refractivity contribution in [3.8, 4) is 28.3 Å². The summed E-state index contributed by atoms with van der Waals surface area (Å²) in [7, 11) is 1.66. The van der Waals surface area contributed by atoms with Crippen LogP contribution in [0.15, 0.2) is 60.9 Å². The van der Waals surface area contributed by atoms with Gasteiger partial charge in [0.2, 0.25) is 0 Å². The molecule has 5 heteroatoms. The molecule has 0 unspecified atom stereocenters. The van der Waals surface area contributed by atoms with E-state index in [2.05, 4.69) is 27.1 Å². The van der Waals surface area contributed by atoms with Gasteiger partial charge in [0, 0.05) is 23.5 Å². The molecule has 2 N–H and O–H groups in total. The number of nitrogens with zero attached hydrogens (tertiary/aromatic N) is 2. The number of hydrogen-bond acceptors (Lipinski definition) is 4. The van der Waals surface area contributed by atoms with Crippen molar-refractivity contribution < 1.29 is 9.84 Å². The van der Waals surface area contributed by atoms with Gasteiger partial charge in [0.05, 0.1) is 18.5 Å². The van der Waals surface area contributed by atoms with Gasteiger partial charge in [-0.1, -0.05) is 18.2 Å². The number of ether oxygens (including phenoxy) is 1. The highest BCUT2D eigenvalue weighted by Gasteiger charge is 2.14. The molecule has 0 bridgehead atoms. The molecule has 2 aromatic heterocycles. The molecular formula is C20H17N3O2. The average molecular weight is 331 g/mol. The summed E-state index contributed by atoms with van der Waals surface area (Å²) in [6.45, 7) is -0.136. The third-order valence-corrected chi connectivity index (χ3v) is 4.19. The fourth-order valence-corrected chi connectivity index (χ4v) is 2.93. The van der Waals surface area contributed by atoms with E-state index in [9.17, 15) is 5.11 Å². The standard InChI is InChI=1S/C20H17N3O2/c1-25-17-5-4-14-10-16(3-2-15(14)11-17)20-19(22-18(12-24)23-20)13-6-8-21-9-7-13/h2-11,24H,12H2,1H3,(H,22,23). The Morgan fingerprint density at radius 1 is 0.960 bits per heavy atom. The van der Waals surface area contributed by atoms with Crippen LogP contribution in [0.5, 0.6) is 5.75 Å². The highest BCUT2D eigenvalue weighted by molar-refractivity contribution is 5.90. The summed E-state index contributed by atoms with van der Waals surface area (Å²) < 4.78 is 5.28. The van der Waals surface area contributed by atoms with Gasteiger partial charge in [-0.2, -0.15) is 0 Å². The van der Waals surface area contributed by atoms with E-state index in [0.717, 1.165) is 39.0 Å². The van der Waals surface area contributed by atoms with E-state index in [-0.39, 0.29) is 6.61 Å². The van der Waals surface area contributed by atoms with Crippen LogP contribution in [0.1, 0.15) is 5.82 Å². The maximum absolute atomic E-state index is 9.48. The van der Waals surface area contributed by atoms with Crippen molar-refractivity contribution in [1.29, 1.82) is 0 Å². The van der Waals surface area contributed by atoms with Crippen LogP contribution in [-0.4, -0.2) is 27.2 Å². The topological polar surface area (TPSA) is 71.0 Å². The number of fused-ring (bicyclic) bond motifs is 1. The molecular weight excluding hydrogens is 314 g/mol. The van der Waals surface area contributed by atoms with Crippen LogP contribution in [0.3, 0.4) is 0 Å². The first kappa shape index (κ1) is 15.4. The summed E-state index contributed by atoms with van der Waals surface area (Å²) in [5.41, 5.74) is 3.65. The first-order valence-electron chi connectivity index (χ1n) is 7.97. The predicted molar refractivity (Wildman–Crippen MR) is 97.2 cm³/mol. The number of aromatic amines is 1. The summed E-state index contributed by atoms with van der Waals surface area (Å²) in [4.78, 5) is 11.8. The summed E-state index contributed by atoms with van der Waals surface area (Å²) >= 11 is 0. The second-order valence-corrected chi connectivity index (χ2v) is 5.73. The fraction of sp³-hybridized carbons (Fsp3) is 0.100. The number of aliphatic hydroxyl groups excluding tert-OH is 1. The van der Waals surface area contributed by atoms with Gasteiger partial charge in [0.1, 0.15) is 18.2 Å². The molecule has 0 spiro atoms. The lowest BCUT2D eigenvalue weighted by molar-refractivity contribution is 0.272. The van der Waals surface area contributed by atoms with Crippen molar-refractivity contribution in [3.63, 3.8) is 0 Å². The van der Waals surface area contributed by atoms with Gasteiger partial charge in [-0.15, -0.1) is 0 Å². The molecule has 4 rings (SSSR count). The Morgan fingerprint density at radius 2 is 1.72 bits per heavy atom. The van der Waals surface area contributed by atoms with Crippen LogP contribution in [0.25, 0.3) is 33.3 Å². The molecule has 0 aliphatic heterocycles. The predicted octanol–water partition coefficient (Wildman–Crippen LogP) is 3.79.